The molecule has 0 amide bonds. The summed E-state index contributed by atoms with van der Waals surface area (Å²) in [4.78, 5) is 0. The van der Waals surface area contributed by atoms with E-state index in [9.17, 15) is 0 Å². The van der Waals surface area contributed by atoms with E-state index < -0.39 is 0 Å². The van der Waals surface area contributed by atoms with Crippen LogP contribution < -0.4 is 15.4 Å². The zero-order valence-electron chi connectivity index (χ0n) is 15.8. The van der Waals surface area contributed by atoms with Gasteiger partial charge in [0, 0.05) is 30.2 Å². The summed E-state index contributed by atoms with van der Waals surface area (Å²) < 4.78 is 5.54. The maximum atomic E-state index is 5.54. The number of benzene rings is 2. The van der Waals surface area contributed by atoms with Crippen LogP contribution in [0.5, 0.6) is 5.75 Å². The lowest BCUT2D eigenvalue weighted by Crippen LogP contribution is -2.58. The Labute approximate surface area is 157 Å². The monoisotopic (exact) mass is 350 g/mol. The van der Waals surface area contributed by atoms with Gasteiger partial charge in [0.25, 0.3) is 0 Å². The van der Waals surface area contributed by atoms with E-state index in [-0.39, 0.29) is 0 Å². The van der Waals surface area contributed by atoms with Crippen molar-refractivity contribution >= 4 is 0 Å². The quantitative estimate of drug-likeness (QED) is 0.843. The first kappa shape index (κ1) is 17.6. The van der Waals surface area contributed by atoms with E-state index >= 15 is 0 Å². The van der Waals surface area contributed by atoms with E-state index in [4.69, 9.17) is 4.74 Å². The van der Waals surface area contributed by atoms with Gasteiger partial charge in [0.05, 0.1) is 7.11 Å². The number of fused-ring (bicyclic) bond motifs is 2. The van der Waals surface area contributed by atoms with Gasteiger partial charge in [-0.15, -0.1) is 0 Å². The third kappa shape index (κ3) is 3.51. The second-order valence-corrected chi connectivity index (χ2v) is 7.93. The molecule has 3 nitrogen and oxygen atoms in total. The summed E-state index contributed by atoms with van der Waals surface area (Å²) in [5.41, 5.74) is 2.63. The van der Waals surface area contributed by atoms with Crippen molar-refractivity contribution < 1.29 is 4.74 Å². The fourth-order valence-corrected chi connectivity index (χ4v) is 4.84. The van der Waals surface area contributed by atoms with Crippen molar-refractivity contribution in [2.75, 3.05) is 7.11 Å². The number of hydrogen-bond acceptors (Lipinski definition) is 3. The van der Waals surface area contributed by atoms with Gasteiger partial charge in [-0.2, -0.15) is 0 Å². The number of hydrogen-bond donors (Lipinski definition) is 2. The molecule has 2 bridgehead atoms. The van der Waals surface area contributed by atoms with Gasteiger partial charge in [0.1, 0.15) is 5.75 Å². The summed E-state index contributed by atoms with van der Waals surface area (Å²) in [7, 11) is 1.75. The minimum absolute atomic E-state index is 0.373. The maximum Gasteiger partial charge on any atom is 0.123 e. The third-order valence-electron chi connectivity index (χ3n) is 6.38. The van der Waals surface area contributed by atoms with E-state index in [0.717, 1.165) is 24.1 Å². The molecule has 2 N–H and O–H groups in total. The summed E-state index contributed by atoms with van der Waals surface area (Å²) in [6, 6.07) is 20.7. The molecule has 0 spiro atoms. The largest absolute Gasteiger partial charge is 0.496 e. The molecular weight excluding hydrogens is 320 g/mol. The van der Waals surface area contributed by atoms with Gasteiger partial charge >= 0.3 is 0 Å². The molecule has 1 saturated heterocycles. The fraction of sp³-hybridized carbons (Fsp3) is 0.478. The van der Waals surface area contributed by atoms with Gasteiger partial charge in [0.15, 0.2) is 0 Å². The van der Waals surface area contributed by atoms with Gasteiger partial charge in [0.2, 0.25) is 0 Å². The van der Waals surface area contributed by atoms with E-state index in [1.165, 1.54) is 30.4 Å². The number of rotatable bonds is 5. The van der Waals surface area contributed by atoms with Crippen molar-refractivity contribution in [1.29, 1.82) is 0 Å². The van der Waals surface area contributed by atoms with Crippen molar-refractivity contribution in [2.24, 2.45) is 11.8 Å². The standard InChI is InChI=1S/C23H30N2O/c1-16-12-13-18-14-20(16)25-23(17-8-4-3-5-9-17)22(18)24-15-19-10-6-7-11-21(19)26-2/h3-11,16,18,20,22-25H,12-15H2,1-2H3. The molecule has 1 heterocycles. The average molecular weight is 351 g/mol. The molecule has 1 saturated carbocycles. The Morgan fingerprint density at radius 1 is 1.04 bits per heavy atom. The van der Waals surface area contributed by atoms with E-state index in [1.807, 2.05) is 12.1 Å². The van der Waals surface area contributed by atoms with Crippen LogP contribution in [0, 0.1) is 11.8 Å². The van der Waals surface area contributed by atoms with Gasteiger partial charge < -0.3 is 15.4 Å². The summed E-state index contributed by atoms with van der Waals surface area (Å²) in [5.74, 6) is 2.47. The lowest BCUT2D eigenvalue weighted by atomic mass is 9.69. The van der Waals surface area contributed by atoms with Gasteiger partial charge in [-0.3, -0.25) is 0 Å². The highest BCUT2D eigenvalue weighted by Crippen LogP contribution is 2.40. The van der Waals surface area contributed by atoms with Gasteiger partial charge in [-0.1, -0.05) is 55.5 Å². The van der Waals surface area contributed by atoms with Crippen LogP contribution in [0.3, 0.4) is 0 Å². The second-order valence-electron chi connectivity index (χ2n) is 7.93. The SMILES string of the molecule is COc1ccccc1CNC1C2CCC(C)C(C2)NC1c1ccccc1. The molecule has 4 rings (SSSR count). The second kappa shape index (κ2) is 7.81. The Morgan fingerprint density at radius 2 is 1.81 bits per heavy atom. The average Bonchev–Trinajstić information content (AvgIpc) is 2.70. The molecule has 5 unspecified atom stereocenters. The predicted octanol–water partition coefficient (Wildman–Crippen LogP) is 4.30. The van der Waals surface area contributed by atoms with Crippen molar-refractivity contribution in [3.63, 3.8) is 0 Å². The van der Waals surface area contributed by atoms with Crippen LogP contribution in [-0.2, 0) is 6.54 Å². The third-order valence-corrected chi connectivity index (χ3v) is 6.38. The van der Waals surface area contributed by atoms with Crippen LogP contribution in [0.1, 0.15) is 43.4 Å². The summed E-state index contributed by atoms with van der Waals surface area (Å²) >= 11 is 0. The van der Waals surface area contributed by atoms with E-state index in [2.05, 4.69) is 60.0 Å². The highest BCUT2D eigenvalue weighted by Gasteiger charge is 2.42. The predicted molar refractivity (Wildman–Crippen MR) is 106 cm³/mol. The summed E-state index contributed by atoms with van der Waals surface area (Å²) in [6.45, 7) is 3.24. The molecule has 1 aliphatic carbocycles. The van der Waals surface area contributed by atoms with Crippen molar-refractivity contribution in [2.45, 2.75) is 50.9 Å². The zero-order chi connectivity index (χ0) is 17.9. The first-order chi connectivity index (χ1) is 12.8. The zero-order valence-corrected chi connectivity index (χ0v) is 15.8. The number of para-hydroxylation sites is 1. The molecule has 26 heavy (non-hydrogen) atoms. The van der Waals surface area contributed by atoms with Gasteiger partial charge in [-0.25, -0.2) is 0 Å². The van der Waals surface area contributed by atoms with Gasteiger partial charge in [-0.05, 0) is 42.7 Å². The summed E-state index contributed by atoms with van der Waals surface area (Å²) in [5, 5.41) is 7.86. The molecule has 138 valence electrons. The minimum Gasteiger partial charge on any atom is -0.496 e. The normalized spacial score (nSPS) is 30.8. The lowest BCUT2D eigenvalue weighted by Gasteiger charge is -2.49. The Morgan fingerprint density at radius 3 is 2.62 bits per heavy atom. The Balaban J connectivity index is 1.56. The number of methoxy groups -OCH3 is 1. The minimum atomic E-state index is 0.373. The topological polar surface area (TPSA) is 33.3 Å². The molecule has 3 heteroatoms. The van der Waals surface area contributed by atoms with Crippen molar-refractivity contribution in [3.8, 4) is 5.75 Å². The van der Waals surface area contributed by atoms with Crippen molar-refractivity contribution in [1.82, 2.24) is 10.6 Å². The van der Waals surface area contributed by atoms with Crippen LogP contribution in [0.2, 0.25) is 0 Å². The number of ether oxygens (including phenoxy) is 1. The Hall–Kier alpha value is -1.84. The Bertz CT molecular complexity index is 717. The van der Waals surface area contributed by atoms with E-state index in [1.54, 1.807) is 7.11 Å². The lowest BCUT2D eigenvalue weighted by molar-refractivity contribution is 0.0931. The Kier molecular flexibility index (Phi) is 5.28. The smallest absolute Gasteiger partial charge is 0.123 e. The molecule has 2 aromatic rings. The molecule has 1 aliphatic heterocycles. The molecule has 0 radical (unpaired) electrons. The van der Waals surface area contributed by atoms with E-state index in [0.29, 0.717) is 18.1 Å². The van der Waals surface area contributed by atoms with Crippen LogP contribution >= 0.6 is 0 Å². The summed E-state index contributed by atoms with van der Waals surface area (Å²) in [6.07, 6.45) is 3.94. The fourth-order valence-electron chi connectivity index (χ4n) is 4.84. The molecule has 2 fully saturated rings. The molecule has 2 aliphatic rings. The van der Waals surface area contributed by atoms with Crippen LogP contribution in [0.25, 0.3) is 0 Å². The maximum absolute atomic E-state index is 5.54. The molecule has 2 aromatic carbocycles. The van der Waals surface area contributed by atoms with Crippen LogP contribution in [0.4, 0.5) is 0 Å². The van der Waals surface area contributed by atoms with Crippen LogP contribution in [-0.4, -0.2) is 19.2 Å². The van der Waals surface area contributed by atoms with Crippen LogP contribution in [0.15, 0.2) is 54.6 Å². The molecule has 0 aromatic heterocycles. The highest BCUT2D eigenvalue weighted by molar-refractivity contribution is 5.33. The molecular formula is C23H30N2O. The number of piperidine rings is 1. The first-order valence-corrected chi connectivity index (χ1v) is 9.92. The van der Waals surface area contributed by atoms with Crippen molar-refractivity contribution in [3.05, 3.63) is 65.7 Å². The number of nitrogens with one attached hydrogen (secondary N) is 2. The first-order valence-electron chi connectivity index (χ1n) is 9.92. The highest BCUT2D eigenvalue weighted by atomic mass is 16.5. The molecule has 5 atom stereocenters.